The molecule has 1 saturated heterocycles. The van der Waals surface area contributed by atoms with Crippen LogP contribution in [-0.2, 0) is 14.3 Å². The molecule has 0 aliphatic carbocycles. The van der Waals surface area contributed by atoms with E-state index in [1.54, 1.807) is 4.90 Å². The van der Waals surface area contributed by atoms with Crippen LogP contribution in [0, 0.1) is 0 Å². The van der Waals surface area contributed by atoms with Gasteiger partial charge in [-0.15, -0.1) is 0 Å². The van der Waals surface area contributed by atoms with Crippen LogP contribution in [0.1, 0.15) is 33.1 Å². The highest BCUT2D eigenvalue weighted by Crippen LogP contribution is 2.16. The highest BCUT2D eigenvalue weighted by molar-refractivity contribution is 5.82. The molecule has 0 aromatic rings. The van der Waals surface area contributed by atoms with Gasteiger partial charge in [-0.1, -0.05) is 0 Å². The van der Waals surface area contributed by atoms with E-state index in [2.05, 4.69) is 0 Å². The summed E-state index contributed by atoms with van der Waals surface area (Å²) in [5.41, 5.74) is 0. The molecule has 1 aliphatic rings. The molecule has 1 N–H and O–H groups in total. The number of carbonyl (C=O) groups is 2. The van der Waals surface area contributed by atoms with E-state index in [1.807, 2.05) is 13.8 Å². The number of hydrogen-bond donors (Lipinski definition) is 1. The van der Waals surface area contributed by atoms with Crippen molar-refractivity contribution < 1.29 is 19.4 Å². The van der Waals surface area contributed by atoms with Gasteiger partial charge in [-0.3, -0.25) is 9.59 Å². The molecule has 1 fully saturated rings. The Morgan fingerprint density at radius 2 is 2.19 bits per heavy atom. The van der Waals surface area contributed by atoms with E-state index >= 15 is 0 Å². The summed E-state index contributed by atoms with van der Waals surface area (Å²) in [5.74, 6) is -0.959. The van der Waals surface area contributed by atoms with Crippen molar-refractivity contribution in [3.8, 4) is 0 Å². The van der Waals surface area contributed by atoms with Crippen LogP contribution < -0.4 is 0 Å². The molecule has 0 aromatic heterocycles. The minimum atomic E-state index is -0.884. The van der Waals surface area contributed by atoms with Gasteiger partial charge in [0.2, 0.25) is 0 Å². The maximum Gasteiger partial charge on any atom is 0.305 e. The van der Waals surface area contributed by atoms with Gasteiger partial charge >= 0.3 is 5.97 Å². The van der Waals surface area contributed by atoms with Gasteiger partial charge in [0, 0.05) is 19.2 Å². The molecular formula is C11H19NO4. The zero-order valence-electron chi connectivity index (χ0n) is 9.81. The number of nitrogens with zero attached hydrogens (tertiary/aromatic N) is 1. The average Bonchev–Trinajstić information content (AvgIpc) is 2.69. The van der Waals surface area contributed by atoms with Crippen LogP contribution in [0.15, 0.2) is 0 Å². The lowest BCUT2D eigenvalue weighted by Crippen LogP contribution is -2.44. The first-order chi connectivity index (χ1) is 7.52. The quantitative estimate of drug-likeness (QED) is 0.759. The Hall–Kier alpha value is -1.10. The van der Waals surface area contributed by atoms with E-state index in [-0.39, 0.29) is 31.0 Å². The van der Waals surface area contributed by atoms with E-state index in [9.17, 15) is 9.59 Å². The molecule has 0 spiro atoms. The van der Waals surface area contributed by atoms with Crippen molar-refractivity contribution in [2.45, 2.75) is 45.3 Å². The average molecular weight is 229 g/mol. The Labute approximate surface area is 95.4 Å². The number of carbonyl (C=O) groups excluding carboxylic acids is 1. The van der Waals surface area contributed by atoms with Crippen LogP contribution in [0.25, 0.3) is 0 Å². The number of ether oxygens (including phenoxy) is 1. The fourth-order valence-corrected chi connectivity index (χ4v) is 1.80. The summed E-state index contributed by atoms with van der Waals surface area (Å²) in [5, 5.41) is 8.62. The van der Waals surface area contributed by atoms with E-state index in [1.165, 1.54) is 0 Å². The Bertz CT molecular complexity index is 259. The normalized spacial score (nSPS) is 20.1. The van der Waals surface area contributed by atoms with E-state index in [0.29, 0.717) is 6.61 Å². The SMILES string of the molecule is CC(C)N(CCC(=O)O)C(=O)[C@H]1CCCO1. The van der Waals surface area contributed by atoms with Gasteiger partial charge in [0.25, 0.3) is 5.91 Å². The Balaban J connectivity index is 2.54. The number of carboxylic acid groups (broad SMARTS) is 1. The predicted molar refractivity (Wildman–Crippen MR) is 58.1 cm³/mol. The monoisotopic (exact) mass is 229 g/mol. The van der Waals surface area contributed by atoms with Gasteiger partial charge in [-0.2, -0.15) is 0 Å². The summed E-state index contributed by atoms with van der Waals surface area (Å²) in [6.45, 7) is 4.65. The van der Waals surface area contributed by atoms with Crippen LogP contribution in [0.3, 0.4) is 0 Å². The molecule has 5 nitrogen and oxygen atoms in total. The Kier molecular flexibility index (Phi) is 4.73. The predicted octanol–water partition coefficient (Wildman–Crippen LogP) is 0.877. The van der Waals surface area contributed by atoms with E-state index in [0.717, 1.165) is 12.8 Å². The largest absolute Gasteiger partial charge is 0.481 e. The molecule has 1 aliphatic heterocycles. The first kappa shape index (κ1) is 13.0. The Morgan fingerprint density at radius 1 is 1.50 bits per heavy atom. The van der Waals surface area contributed by atoms with Crippen LogP contribution in [-0.4, -0.2) is 47.2 Å². The topological polar surface area (TPSA) is 66.8 Å². The number of rotatable bonds is 5. The lowest BCUT2D eigenvalue weighted by atomic mass is 10.2. The second-order valence-corrected chi connectivity index (χ2v) is 4.27. The highest BCUT2D eigenvalue weighted by Gasteiger charge is 2.29. The standard InChI is InChI=1S/C11H19NO4/c1-8(2)12(6-5-10(13)14)11(15)9-4-3-7-16-9/h8-9H,3-7H2,1-2H3,(H,13,14)/t9-/m1/s1. The summed E-state index contributed by atoms with van der Waals surface area (Å²) in [6, 6.07) is 0.0102. The third-order valence-electron chi connectivity index (χ3n) is 2.68. The van der Waals surface area contributed by atoms with Crippen LogP contribution in [0.4, 0.5) is 0 Å². The molecule has 5 heteroatoms. The van der Waals surface area contributed by atoms with Crippen molar-refractivity contribution in [3.05, 3.63) is 0 Å². The number of hydrogen-bond acceptors (Lipinski definition) is 3. The van der Waals surface area contributed by atoms with Crippen LogP contribution >= 0.6 is 0 Å². The molecule has 0 saturated carbocycles. The second-order valence-electron chi connectivity index (χ2n) is 4.27. The van der Waals surface area contributed by atoms with Crippen molar-refractivity contribution >= 4 is 11.9 Å². The summed E-state index contributed by atoms with van der Waals surface area (Å²) >= 11 is 0. The molecule has 1 rings (SSSR count). The van der Waals surface area contributed by atoms with Crippen molar-refractivity contribution in [1.82, 2.24) is 4.90 Å². The maximum absolute atomic E-state index is 12.0. The first-order valence-corrected chi connectivity index (χ1v) is 5.66. The zero-order chi connectivity index (χ0) is 12.1. The van der Waals surface area contributed by atoms with Gasteiger partial charge < -0.3 is 14.7 Å². The molecule has 0 radical (unpaired) electrons. The minimum absolute atomic E-state index is 0.0102. The maximum atomic E-state index is 12.0. The molecule has 0 bridgehead atoms. The van der Waals surface area contributed by atoms with Crippen molar-refractivity contribution in [1.29, 1.82) is 0 Å². The summed E-state index contributed by atoms with van der Waals surface area (Å²) in [7, 11) is 0. The summed E-state index contributed by atoms with van der Waals surface area (Å²) < 4.78 is 5.31. The van der Waals surface area contributed by atoms with E-state index in [4.69, 9.17) is 9.84 Å². The molecule has 1 amide bonds. The summed E-state index contributed by atoms with van der Waals surface area (Å²) in [4.78, 5) is 24.1. The fourth-order valence-electron chi connectivity index (χ4n) is 1.80. The van der Waals surface area contributed by atoms with Gasteiger partial charge in [-0.25, -0.2) is 0 Å². The number of amides is 1. The van der Waals surface area contributed by atoms with Crippen LogP contribution in [0.2, 0.25) is 0 Å². The molecule has 0 aromatic carbocycles. The van der Waals surface area contributed by atoms with Crippen molar-refractivity contribution in [2.75, 3.05) is 13.2 Å². The van der Waals surface area contributed by atoms with Crippen molar-refractivity contribution in [2.24, 2.45) is 0 Å². The fraction of sp³-hybridized carbons (Fsp3) is 0.818. The molecule has 1 atom stereocenters. The minimum Gasteiger partial charge on any atom is -0.481 e. The molecule has 92 valence electrons. The van der Waals surface area contributed by atoms with Gasteiger partial charge in [0.05, 0.1) is 6.42 Å². The number of carboxylic acids is 1. The Morgan fingerprint density at radius 3 is 2.62 bits per heavy atom. The van der Waals surface area contributed by atoms with Crippen molar-refractivity contribution in [3.63, 3.8) is 0 Å². The second kappa shape index (κ2) is 5.84. The third kappa shape index (κ3) is 3.48. The smallest absolute Gasteiger partial charge is 0.305 e. The van der Waals surface area contributed by atoms with Gasteiger partial charge in [-0.05, 0) is 26.7 Å². The molecule has 16 heavy (non-hydrogen) atoms. The summed E-state index contributed by atoms with van der Waals surface area (Å²) in [6.07, 6.45) is 1.27. The first-order valence-electron chi connectivity index (χ1n) is 5.66. The zero-order valence-corrected chi connectivity index (χ0v) is 9.81. The lowest BCUT2D eigenvalue weighted by Gasteiger charge is -2.28. The van der Waals surface area contributed by atoms with Gasteiger partial charge in [0.1, 0.15) is 6.10 Å². The van der Waals surface area contributed by atoms with Gasteiger partial charge in [0.15, 0.2) is 0 Å². The number of aliphatic carboxylic acids is 1. The molecular weight excluding hydrogens is 210 g/mol. The van der Waals surface area contributed by atoms with E-state index < -0.39 is 5.97 Å². The molecule has 0 unspecified atom stereocenters. The molecule has 1 heterocycles. The lowest BCUT2D eigenvalue weighted by molar-refractivity contribution is -0.144. The highest BCUT2D eigenvalue weighted by atomic mass is 16.5. The van der Waals surface area contributed by atoms with Crippen LogP contribution in [0.5, 0.6) is 0 Å². The third-order valence-corrected chi connectivity index (χ3v) is 2.68.